The zero-order valence-electron chi connectivity index (χ0n) is 13.0. The average molecular weight is 345 g/mol. The molecule has 0 aliphatic heterocycles. The summed E-state index contributed by atoms with van der Waals surface area (Å²) >= 11 is 5.00. The summed E-state index contributed by atoms with van der Waals surface area (Å²) in [7, 11) is 1.61. The third-order valence-corrected chi connectivity index (χ3v) is 3.90. The summed E-state index contributed by atoms with van der Waals surface area (Å²) < 4.78 is 19.1. The molecule has 1 aromatic heterocycles. The van der Waals surface area contributed by atoms with Gasteiger partial charge in [-0.2, -0.15) is 0 Å². The second-order valence-corrected chi connectivity index (χ2v) is 5.72. The fourth-order valence-electron chi connectivity index (χ4n) is 2.49. The highest BCUT2D eigenvalue weighted by molar-refractivity contribution is 7.71. The van der Waals surface area contributed by atoms with Gasteiger partial charge in [-0.05, 0) is 48.5 Å². The van der Waals surface area contributed by atoms with Crippen LogP contribution in [-0.4, -0.2) is 29.5 Å². The van der Waals surface area contributed by atoms with Gasteiger partial charge in [0.15, 0.2) is 4.77 Å². The Morgan fingerprint density at radius 2 is 2.00 bits per heavy atom. The lowest BCUT2D eigenvalue weighted by Crippen LogP contribution is -2.26. The fourth-order valence-corrected chi connectivity index (χ4v) is 2.71. The second kappa shape index (κ2) is 6.84. The SMILES string of the molecule is COc1ccc(CCNC(=O)c2cc(F)cc3[nH]c(=S)[nH]c23)cc1. The molecule has 0 aliphatic carbocycles. The van der Waals surface area contributed by atoms with E-state index in [9.17, 15) is 9.18 Å². The quantitative estimate of drug-likeness (QED) is 0.621. The number of amides is 1. The Bertz CT molecular complexity index is 931. The highest BCUT2D eigenvalue weighted by atomic mass is 32.1. The molecule has 0 spiro atoms. The number of imidazole rings is 1. The minimum absolute atomic E-state index is 0.229. The van der Waals surface area contributed by atoms with Gasteiger partial charge in [-0.15, -0.1) is 0 Å². The Kier molecular flexibility index (Phi) is 4.61. The summed E-state index contributed by atoms with van der Waals surface area (Å²) in [6.45, 7) is 0.439. The van der Waals surface area contributed by atoms with Gasteiger partial charge in [0.1, 0.15) is 11.6 Å². The summed E-state index contributed by atoms with van der Waals surface area (Å²) in [5.74, 6) is -0.0565. The fraction of sp³-hybridized carbons (Fsp3) is 0.176. The van der Waals surface area contributed by atoms with E-state index in [1.165, 1.54) is 12.1 Å². The van der Waals surface area contributed by atoms with E-state index in [0.29, 0.717) is 28.8 Å². The van der Waals surface area contributed by atoms with Gasteiger partial charge < -0.3 is 20.0 Å². The lowest BCUT2D eigenvalue weighted by molar-refractivity contribution is 0.0955. The molecular formula is C17H16FN3O2S. The number of benzene rings is 2. The smallest absolute Gasteiger partial charge is 0.253 e. The van der Waals surface area contributed by atoms with E-state index < -0.39 is 5.82 Å². The van der Waals surface area contributed by atoms with Crippen LogP contribution in [0.25, 0.3) is 11.0 Å². The number of ether oxygens (including phenoxy) is 1. The van der Waals surface area contributed by atoms with Crippen LogP contribution in [0.5, 0.6) is 5.75 Å². The molecule has 0 saturated heterocycles. The van der Waals surface area contributed by atoms with Gasteiger partial charge in [-0.25, -0.2) is 4.39 Å². The Morgan fingerprint density at radius 1 is 1.25 bits per heavy atom. The average Bonchev–Trinajstić information content (AvgIpc) is 2.94. The van der Waals surface area contributed by atoms with Crippen molar-refractivity contribution in [1.82, 2.24) is 15.3 Å². The number of nitrogens with one attached hydrogen (secondary N) is 3. The van der Waals surface area contributed by atoms with Gasteiger partial charge in [0, 0.05) is 6.54 Å². The minimum atomic E-state index is -0.493. The molecule has 7 heteroatoms. The predicted octanol–water partition coefficient (Wildman–Crippen LogP) is 3.35. The largest absolute Gasteiger partial charge is 0.497 e. The summed E-state index contributed by atoms with van der Waals surface area (Å²) in [6.07, 6.45) is 0.664. The highest BCUT2D eigenvalue weighted by Crippen LogP contribution is 2.18. The van der Waals surface area contributed by atoms with Crippen molar-refractivity contribution in [3.05, 3.63) is 58.1 Å². The molecule has 0 fully saturated rings. The van der Waals surface area contributed by atoms with Crippen LogP contribution >= 0.6 is 12.2 Å². The van der Waals surface area contributed by atoms with Crippen LogP contribution in [0.1, 0.15) is 15.9 Å². The first-order valence-corrected chi connectivity index (χ1v) is 7.80. The maximum atomic E-state index is 13.7. The molecule has 3 N–H and O–H groups in total. The molecule has 0 aliphatic rings. The maximum absolute atomic E-state index is 13.7. The van der Waals surface area contributed by atoms with Crippen molar-refractivity contribution in [3.63, 3.8) is 0 Å². The topological polar surface area (TPSA) is 69.9 Å². The van der Waals surface area contributed by atoms with Crippen molar-refractivity contribution in [2.45, 2.75) is 6.42 Å². The summed E-state index contributed by atoms with van der Waals surface area (Å²) in [6, 6.07) is 10.1. The molecule has 2 aromatic carbocycles. The number of aromatic nitrogens is 2. The summed E-state index contributed by atoms with van der Waals surface area (Å²) in [5.41, 5.74) is 2.28. The van der Waals surface area contributed by atoms with Crippen LogP contribution in [0.15, 0.2) is 36.4 Å². The molecule has 3 rings (SSSR count). The lowest BCUT2D eigenvalue weighted by atomic mass is 10.1. The van der Waals surface area contributed by atoms with E-state index in [2.05, 4.69) is 15.3 Å². The maximum Gasteiger partial charge on any atom is 0.253 e. The molecule has 0 radical (unpaired) electrons. The minimum Gasteiger partial charge on any atom is -0.497 e. The normalized spacial score (nSPS) is 10.8. The van der Waals surface area contributed by atoms with E-state index in [4.69, 9.17) is 17.0 Å². The number of halogens is 1. The zero-order valence-corrected chi connectivity index (χ0v) is 13.8. The summed E-state index contributed by atoms with van der Waals surface area (Å²) in [4.78, 5) is 18.0. The van der Waals surface area contributed by atoms with Crippen molar-refractivity contribution in [2.75, 3.05) is 13.7 Å². The highest BCUT2D eigenvalue weighted by Gasteiger charge is 2.13. The van der Waals surface area contributed by atoms with E-state index in [0.717, 1.165) is 11.3 Å². The molecular weight excluding hydrogens is 329 g/mol. The van der Waals surface area contributed by atoms with Crippen molar-refractivity contribution < 1.29 is 13.9 Å². The van der Waals surface area contributed by atoms with E-state index in [1.54, 1.807) is 7.11 Å². The van der Waals surface area contributed by atoms with Gasteiger partial charge in [0.2, 0.25) is 0 Å². The van der Waals surface area contributed by atoms with Crippen LogP contribution in [0, 0.1) is 10.6 Å². The number of H-pyrrole nitrogens is 2. The van der Waals surface area contributed by atoms with Crippen LogP contribution in [0.4, 0.5) is 4.39 Å². The molecule has 5 nitrogen and oxygen atoms in total. The van der Waals surface area contributed by atoms with Crippen molar-refractivity contribution in [3.8, 4) is 5.75 Å². The Labute approximate surface area is 142 Å². The number of carbonyl (C=O) groups excluding carboxylic acids is 1. The van der Waals surface area contributed by atoms with E-state index >= 15 is 0 Å². The van der Waals surface area contributed by atoms with E-state index in [1.807, 2.05) is 24.3 Å². The molecule has 3 aromatic rings. The van der Waals surface area contributed by atoms with Gasteiger partial charge in [0.05, 0.1) is 23.7 Å². The van der Waals surface area contributed by atoms with Crippen LogP contribution in [0.2, 0.25) is 0 Å². The van der Waals surface area contributed by atoms with Crippen LogP contribution in [-0.2, 0) is 6.42 Å². The molecule has 0 atom stereocenters. The van der Waals surface area contributed by atoms with Crippen molar-refractivity contribution in [2.24, 2.45) is 0 Å². The molecule has 0 saturated carbocycles. The third-order valence-electron chi connectivity index (χ3n) is 3.69. The Morgan fingerprint density at radius 3 is 2.71 bits per heavy atom. The Hall–Kier alpha value is -2.67. The van der Waals surface area contributed by atoms with Gasteiger partial charge in [-0.1, -0.05) is 12.1 Å². The Balaban J connectivity index is 1.69. The molecule has 0 bridgehead atoms. The number of carbonyl (C=O) groups is 1. The molecule has 24 heavy (non-hydrogen) atoms. The van der Waals surface area contributed by atoms with Crippen molar-refractivity contribution in [1.29, 1.82) is 0 Å². The second-order valence-electron chi connectivity index (χ2n) is 5.31. The number of methoxy groups -OCH3 is 1. The van der Waals surface area contributed by atoms with Crippen LogP contribution < -0.4 is 10.1 Å². The molecule has 124 valence electrons. The summed E-state index contributed by atoms with van der Waals surface area (Å²) in [5, 5.41) is 2.80. The predicted molar refractivity (Wildman–Crippen MR) is 92.5 cm³/mol. The zero-order chi connectivity index (χ0) is 17.1. The third kappa shape index (κ3) is 3.46. The molecule has 1 amide bonds. The standard InChI is InChI=1S/C17H16FN3O2S/c1-23-12-4-2-10(3-5-12)6-7-19-16(22)13-8-11(18)9-14-15(13)21-17(24)20-14/h2-5,8-9H,6-7H2,1H3,(H,19,22)(H2,20,21,24). The lowest BCUT2D eigenvalue weighted by Gasteiger charge is -2.07. The van der Waals surface area contributed by atoms with Gasteiger partial charge in [0.25, 0.3) is 5.91 Å². The van der Waals surface area contributed by atoms with Crippen molar-refractivity contribution >= 4 is 29.2 Å². The van der Waals surface area contributed by atoms with E-state index in [-0.39, 0.29) is 11.5 Å². The number of rotatable bonds is 5. The first kappa shape index (κ1) is 16.2. The first-order valence-electron chi connectivity index (χ1n) is 7.39. The molecule has 1 heterocycles. The number of fused-ring (bicyclic) bond motifs is 1. The number of hydrogen-bond donors (Lipinski definition) is 3. The number of hydrogen-bond acceptors (Lipinski definition) is 3. The van der Waals surface area contributed by atoms with Gasteiger partial charge in [-0.3, -0.25) is 4.79 Å². The van der Waals surface area contributed by atoms with Crippen LogP contribution in [0.3, 0.4) is 0 Å². The number of aromatic amines is 2. The molecule has 0 unspecified atom stereocenters. The first-order chi connectivity index (χ1) is 11.6. The van der Waals surface area contributed by atoms with Gasteiger partial charge >= 0.3 is 0 Å². The monoisotopic (exact) mass is 345 g/mol.